The first-order chi connectivity index (χ1) is 8.85. The monoisotopic (exact) mass is 299 g/mol. The number of nitrogens with one attached hydrogen (secondary N) is 1. The number of para-hydroxylation sites is 1. The van der Waals surface area contributed by atoms with Crippen LogP contribution in [0.15, 0.2) is 24.3 Å². The molecule has 1 heterocycles. The summed E-state index contributed by atoms with van der Waals surface area (Å²) in [6.45, 7) is 1.78. The van der Waals surface area contributed by atoms with Crippen LogP contribution >= 0.6 is 11.6 Å². The smallest absolute Gasteiger partial charge is 0.224 e. The maximum Gasteiger partial charge on any atom is 0.224 e. The molecule has 0 saturated carbocycles. The summed E-state index contributed by atoms with van der Waals surface area (Å²) < 4.78 is 22.5. The number of anilines is 1. The Morgan fingerprint density at radius 2 is 2.00 bits per heavy atom. The van der Waals surface area contributed by atoms with E-state index in [2.05, 4.69) is 15.3 Å². The molecule has 0 amide bonds. The van der Waals surface area contributed by atoms with Crippen molar-refractivity contribution in [3.63, 3.8) is 0 Å². The average Bonchev–Trinajstić information content (AvgIpc) is 2.25. The minimum absolute atomic E-state index is 0.0307. The molecule has 0 aliphatic carbocycles. The molecule has 2 aromatic rings. The molecular weight excluding hydrogens is 286 g/mol. The lowest BCUT2D eigenvalue weighted by Gasteiger charge is -2.15. The number of sulfone groups is 1. The Hall–Kier alpha value is -1.40. The Morgan fingerprint density at radius 3 is 2.68 bits per heavy atom. The Morgan fingerprint density at radius 1 is 1.32 bits per heavy atom. The number of benzene rings is 1. The van der Waals surface area contributed by atoms with Crippen molar-refractivity contribution in [1.82, 2.24) is 9.97 Å². The normalized spacial score (nSPS) is 13.4. The predicted molar refractivity (Wildman–Crippen MR) is 77.3 cm³/mol. The number of hydrogen-bond donors (Lipinski definition) is 1. The van der Waals surface area contributed by atoms with Gasteiger partial charge in [-0.15, -0.1) is 0 Å². The van der Waals surface area contributed by atoms with E-state index in [-0.39, 0.29) is 17.1 Å². The van der Waals surface area contributed by atoms with Crippen molar-refractivity contribution < 1.29 is 8.42 Å². The first-order valence-electron chi connectivity index (χ1n) is 5.72. The SMILES string of the molecule is CC(CS(C)(=O)=O)Nc1nc(Cl)nc2ccccc12. The van der Waals surface area contributed by atoms with Crippen LogP contribution in [0, 0.1) is 0 Å². The van der Waals surface area contributed by atoms with Crippen molar-refractivity contribution in [2.24, 2.45) is 0 Å². The van der Waals surface area contributed by atoms with Gasteiger partial charge in [0.2, 0.25) is 5.28 Å². The lowest BCUT2D eigenvalue weighted by atomic mass is 10.2. The molecule has 1 aromatic carbocycles. The fourth-order valence-electron chi connectivity index (χ4n) is 1.89. The van der Waals surface area contributed by atoms with Crippen molar-refractivity contribution in [2.45, 2.75) is 13.0 Å². The summed E-state index contributed by atoms with van der Waals surface area (Å²) >= 11 is 5.86. The van der Waals surface area contributed by atoms with Gasteiger partial charge in [0, 0.05) is 17.7 Å². The quantitative estimate of drug-likeness (QED) is 0.876. The van der Waals surface area contributed by atoms with Crippen LogP contribution in [0.2, 0.25) is 5.28 Å². The third-order valence-corrected chi connectivity index (χ3v) is 3.79. The lowest BCUT2D eigenvalue weighted by Crippen LogP contribution is -2.25. The molecule has 5 nitrogen and oxygen atoms in total. The van der Waals surface area contributed by atoms with Crippen molar-refractivity contribution in [3.8, 4) is 0 Å². The van der Waals surface area contributed by atoms with Crippen molar-refractivity contribution >= 4 is 38.2 Å². The van der Waals surface area contributed by atoms with Crippen LogP contribution in [0.4, 0.5) is 5.82 Å². The molecule has 1 N–H and O–H groups in total. The summed E-state index contributed by atoms with van der Waals surface area (Å²) in [5, 5.41) is 4.01. The largest absolute Gasteiger partial charge is 0.366 e. The number of rotatable bonds is 4. The van der Waals surface area contributed by atoms with Crippen molar-refractivity contribution in [3.05, 3.63) is 29.5 Å². The summed E-state index contributed by atoms with van der Waals surface area (Å²) in [7, 11) is -3.05. The minimum Gasteiger partial charge on any atom is -0.366 e. The predicted octanol–water partition coefficient (Wildman–Crippen LogP) is 2.13. The van der Waals surface area contributed by atoms with Crippen LogP contribution in [0.3, 0.4) is 0 Å². The Labute approximate surface area is 116 Å². The van der Waals surface area contributed by atoms with Gasteiger partial charge in [0.05, 0.1) is 11.3 Å². The summed E-state index contributed by atoms with van der Waals surface area (Å²) in [5.41, 5.74) is 0.719. The van der Waals surface area contributed by atoms with E-state index in [1.165, 1.54) is 6.26 Å². The van der Waals surface area contributed by atoms with Gasteiger partial charge in [-0.25, -0.2) is 18.4 Å². The highest BCUT2D eigenvalue weighted by Crippen LogP contribution is 2.22. The molecule has 102 valence electrons. The van der Waals surface area contributed by atoms with E-state index >= 15 is 0 Å². The zero-order valence-corrected chi connectivity index (χ0v) is 12.2. The number of halogens is 1. The van der Waals surface area contributed by atoms with Crippen molar-refractivity contribution in [1.29, 1.82) is 0 Å². The molecule has 1 unspecified atom stereocenters. The van der Waals surface area contributed by atoms with Gasteiger partial charge in [0.15, 0.2) is 0 Å². The van der Waals surface area contributed by atoms with Crippen LogP contribution in [0.25, 0.3) is 10.9 Å². The molecule has 0 aliphatic heterocycles. The summed E-state index contributed by atoms with van der Waals surface area (Å²) in [6.07, 6.45) is 1.20. The molecule has 2 rings (SSSR count). The van der Waals surface area contributed by atoms with Crippen LogP contribution in [-0.2, 0) is 9.84 Å². The van der Waals surface area contributed by atoms with Crippen LogP contribution < -0.4 is 5.32 Å². The van der Waals surface area contributed by atoms with Gasteiger partial charge in [-0.05, 0) is 30.7 Å². The van der Waals surface area contributed by atoms with E-state index in [9.17, 15) is 8.42 Å². The van der Waals surface area contributed by atoms with Gasteiger partial charge in [0.1, 0.15) is 15.7 Å². The van der Waals surface area contributed by atoms with E-state index in [4.69, 9.17) is 11.6 Å². The van der Waals surface area contributed by atoms with E-state index in [1.54, 1.807) is 6.92 Å². The zero-order chi connectivity index (χ0) is 14.0. The first-order valence-corrected chi connectivity index (χ1v) is 8.15. The van der Waals surface area contributed by atoms with E-state index in [0.717, 1.165) is 10.9 Å². The van der Waals surface area contributed by atoms with Crippen LogP contribution in [0.5, 0.6) is 0 Å². The molecule has 0 bridgehead atoms. The van der Waals surface area contributed by atoms with Gasteiger partial charge in [-0.1, -0.05) is 12.1 Å². The van der Waals surface area contributed by atoms with Crippen molar-refractivity contribution in [2.75, 3.05) is 17.3 Å². The third-order valence-electron chi connectivity index (χ3n) is 2.51. The second-order valence-electron chi connectivity index (χ2n) is 4.50. The molecule has 19 heavy (non-hydrogen) atoms. The summed E-state index contributed by atoms with van der Waals surface area (Å²) in [6, 6.07) is 7.15. The van der Waals surface area contributed by atoms with Gasteiger partial charge >= 0.3 is 0 Å². The van der Waals surface area contributed by atoms with E-state index in [0.29, 0.717) is 5.82 Å². The molecule has 0 spiro atoms. The van der Waals surface area contributed by atoms with E-state index in [1.807, 2.05) is 24.3 Å². The van der Waals surface area contributed by atoms with Gasteiger partial charge in [-0.3, -0.25) is 0 Å². The number of aromatic nitrogens is 2. The molecule has 1 aromatic heterocycles. The van der Waals surface area contributed by atoms with Crippen LogP contribution in [-0.4, -0.2) is 36.4 Å². The number of nitrogens with zero attached hydrogens (tertiary/aromatic N) is 2. The highest BCUT2D eigenvalue weighted by molar-refractivity contribution is 7.90. The second kappa shape index (κ2) is 5.30. The number of hydrogen-bond acceptors (Lipinski definition) is 5. The second-order valence-corrected chi connectivity index (χ2v) is 7.02. The minimum atomic E-state index is -3.05. The number of fused-ring (bicyclic) bond motifs is 1. The maximum atomic E-state index is 11.3. The fraction of sp³-hybridized carbons (Fsp3) is 0.333. The Balaban J connectivity index is 2.34. The third kappa shape index (κ3) is 3.78. The maximum absolute atomic E-state index is 11.3. The molecular formula is C12H14ClN3O2S. The zero-order valence-electron chi connectivity index (χ0n) is 10.6. The van der Waals surface area contributed by atoms with Gasteiger partial charge in [-0.2, -0.15) is 0 Å². The molecule has 0 aliphatic rings. The molecule has 0 fully saturated rings. The lowest BCUT2D eigenvalue weighted by molar-refractivity contribution is 0.598. The summed E-state index contributed by atoms with van der Waals surface area (Å²) in [4.78, 5) is 8.23. The Kier molecular flexibility index (Phi) is 3.91. The van der Waals surface area contributed by atoms with Gasteiger partial charge in [0.25, 0.3) is 0 Å². The Bertz CT molecular complexity index is 703. The van der Waals surface area contributed by atoms with Gasteiger partial charge < -0.3 is 5.32 Å². The fourth-order valence-corrected chi connectivity index (χ4v) is 3.05. The molecule has 7 heteroatoms. The standard InChI is InChI=1S/C12H14ClN3O2S/c1-8(7-19(2,17)18)14-11-9-5-3-4-6-10(9)15-12(13)16-11/h3-6,8H,7H2,1-2H3,(H,14,15,16). The molecule has 0 radical (unpaired) electrons. The topological polar surface area (TPSA) is 72.0 Å². The summed E-state index contributed by atoms with van der Waals surface area (Å²) in [5.74, 6) is 0.579. The van der Waals surface area contributed by atoms with Crippen LogP contribution in [0.1, 0.15) is 6.92 Å². The van der Waals surface area contributed by atoms with E-state index < -0.39 is 9.84 Å². The first kappa shape index (κ1) is 14.0. The highest BCUT2D eigenvalue weighted by Gasteiger charge is 2.13. The average molecular weight is 300 g/mol. The highest BCUT2D eigenvalue weighted by atomic mass is 35.5. The molecule has 1 atom stereocenters. The molecule has 0 saturated heterocycles.